The van der Waals surface area contributed by atoms with Crippen LogP contribution in [0.1, 0.15) is 0 Å². The highest BCUT2D eigenvalue weighted by molar-refractivity contribution is 5.59. The molecule has 0 aliphatic carbocycles. The summed E-state index contributed by atoms with van der Waals surface area (Å²) in [5.74, 6) is 2.51. The SMILES string of the molecule is C=CCOc1ccc(OC)c2c1OCCO2. The first-order valence-electron chi connectivity index (χ1n) is 5.07. The summed E-state index contributed by atoms with van der Waals surface area (Å²) in [6, 6.07) is 3.60. The summed E-state index contributed by atoms with van der Waals surface area (Å²) in [7, 11) is 1.60. The van der Waals surface area contributed by atoms with Crippen molar-refractivity contribution in [2.24, 2.45) is 0 Å². The van der Waals surface area contributed by atoms with Crippen molar-refractivity contribution in [1.29, 1.82) is 0 Å². The Kier molecular flexibility index (Phi) is 3.19. The smallest absolute Gasteiger partial charge is 0.207 e. The number of ether oxygens (including phenoxy) is 4. The van der Waals surface area contributed by atoms with Gasteiger partial charge in [-0.25, -0.2) is 0 Å². The van der Waals surface area contributed by atoms with Gasteiger partial charge in [0.1, 0.15) is 19.8 Å². The molecule has 0 bridgehead atoms. The molecule has 0 aromatic heterocycles. The quantitative estimate of drug-likeness (QED) is 0.730. The Morgan fingerprint density at radius 3 is 2.50 bits per heavy atom. The van der Waals surface area contributed by atoms with E-state index >= 15 is 0 Å². The monoisotopic (exact) mass is 222 g/mol. The number of rotatable bonds is 4. The van der Waals surface area contributed by atoms with Gasteiger partial charge in [-0.1, -0.05) is 12.7 Å². The molecule has 1 aliphatic heterocycles. The van der Waals surface area contributed by atoms with E-state index in [1.54, 1.807) is 25.3 Å². The molecule has 0 fully saturated rings. The van der Waals surface area contributed by atoms with Crippen molar-refractivity contribution in [1.82, 2.24) is 0 Å². The second kappa shape index (κ2) is 4.79. The van der Waals surface area contributed by atoms with E-state index in [-0.39, 0.29) is 0 Å². The van der Waals surface area contributed by atoms with Crippen LogP contribution < -0.4 is 18.9 Å². The molecule has 0 radical (unpaired) electrons. The molecule has 1 aliphatic rings. The Hall–Kier alpha value is -1.84. The molecule has 1 aromatic carbocycles. The molecule has 16 heavy (non-hydrogen) atoms. The average Bonchev–Trinajstić information content (AvgIpc) is 2.36. The van der Waals surface area contributed by atoms with Crippen molar-refractivity contribution < 1.29 is 18.9 Å². The summed E-state index contributed by atoms with van der Waals surface area (Å²) in [6.45, 7) is 5.07. The third-order valence-corrected chi connectivity index (χ3v) is 2.19. The van der Waals surface area contributed by atoms with Gasteiger partial charge < -0.3 is 18.9 Å². The molecule has 0 saturated carbocycles. The van der Waals surface area contributed by atoms with Gasteiger partial charge in [0, 0.05) is 0 Å². The fourth-order valence-electron chi connectivity index (χ4n) is 1.51. The van der Waals surface area contributed by atoms with Gasteiger partial charge in [-0.3, -0.25) is 0 Å². The third kappa shape index (κ3) is 1.91. The van der Waals surface area contributed by atoms with Gasteiger partial charge in [-0.05, 0) is 12.1 Å². The lowest BCUT2D eigenvalue weighted by Gasteiger charge is -2.22. The zero-order valence-corrected chi connectivity index (χ0v) is 9.19. The lowest BCUT2D eigenvalue weighted by atomic mass is 10.2. The molecule has 0 unspecified atom stereocenters. The van der Waals surface area contributed by atoms with Gasteiger partial charge in [0.15, 0.2) is 11.5 Å². The molecule has 86 valence electrons. The van der Waals surface area contributed by atoms with Gasteiger partial charge >= 0.3 is 0 Å². The number of hydrogen-bond acceptors (Lipinski definition) is 4. The summed E-state index contributed by atoms with van der Waals surface area (Å²) in [6.07, 6.45) is 1.68. The zero-order valence-electron chi connectivity index (χ0n) is 9.19. The second-order valence-corrected chi connectivity index (χ2v) is 3.22. The van der Waals surface area contributed by atoms with Crippen molar-refractivity contribution in [2.45, 2.75) is 0 Å². The van der Waals surface area contributed by atoms with E-state index in [0.29, 0.717) is 42.8 Å². The van der Waals surface area contributed by atoms with Crippen LogP contribution in [-0.4, -0.2) is 26.9 Å². The van der Waals surface area contributed by atoms with Crippen molar-refractivity contribution in [3.63, 3.8) is 0 Å². The second-order valence-electron chi connectivity index (χ2n) is 3.22. The van der Waals surface area contributed by atoms with Gasteiger partial charge in [0.05, 0.1) is 7.11 Å². The first-order valence-corrected chi connectivity index (χ1v) is 5.07. The number of hydrogen-bond donors (Lipinski definition) is 0. The average molecular weight is 222 g/mol. The topological polar surface area (TPSA) is 36.9 Å². The van der Waals surface area contributed by atoms with Crippen LogP contribution in [0.3, 0.4) is 0 Å². The molecule has 0 amide bonds. The van der Waals surface area contributed by atoms with Crippen LogP contribution in [0, 0.1) is 0 Å². The van der Waals surface area contributed by atoms with Gasteiger partial charge in [0.25, 0.3) is 0 Å². The predicted molar refractivity (Wildman–Crippen MR) is 59.7 cm³/mol. The highest BCUT2D eigenvalue weighted by Gasteiger charge is 2.21. The Morgan fingerprint density at radius 2 is 1.88 bits per heavy atom. The molecule has 1 aromatic rings. The molecule has 1 heterocycles. The Morgan fingerprint density at radius 1 is 1.25 bits per heavy atom. The Bertz CT molecular complexity index is 387. The van der Waals surface area contributed by atoms with Gasteiger partial charge in [0.2, 0.25) is 11.5 Å². The highest BCUT2D eigenvalue weighted by Crippen LogP contribution is 2.45. The van der Waals surface area contributed by atoms with E-state index in [1.165, 1.54) is 0 Å². The van der Waals surface area contributed by atoms with E-state index in [1.807, 2.05) is 0 Å². The number of benzene rings is 1. The summed E-state index contributed by atoms with van der Waals surface area (Å²) in [5, 5.41) is 0. The third-order valence-electron chi connectivity index (χ3n) is 2.19. The molecule has 0 N–H and O–H groups in total. The first-order chi connectivity index (χ1) is 7.86. The van der Waals surface area contributed by atoms with E-state index in [0.717, 1.165) is 0 Å². The summed E-state index contributed by atoms with van der Waals surface area (Å²) in [4.78, 5) is 0. The molecule has 4 heteroatoms. The molecule has 2 rings (SSSR count). The fraction of sp³-hybridized carbons (Fsp3) is 0.333. The summed E-state index contributed by atoms with van der Waals surface area (Å²) in [5.41, 5.74) is 0. The maximum absolute atomic E-state index is 5.53. The van der Waals surface area contributed by atoms with Gasteiger partial charge in [-0.15, -0.1) is 0 Å². The van der Waals surface area contributed by atoms with Crippen molar-refractivity contribution in [3.8, 4) is 23.0 Å². The van der Waals surface area contributed by atoms with E-state index in [2.05, 4.69) is 6.58 Å². The molecule has 4 nitrogen and oxygen atoms in total. The predicted octanol–water partition coefficient (Wildman–Crippen LogP) is 2.03. The lowest BCUT2D eigenvalue weighted by molar-refractivity contribution is 0.157. The zero-order chi connectivity index (χ0) is 11.4. The van der Waals surface area contributed by atoms with Crippen LogP contribution >= 0.6 is 0 Å². The van der Waals surface area contributed by atoms with Crippen LogP contribution in [0.2, 0.25) is 0 Å². The highest BCUT2D eigenvalue weighted by atomic mass is 16.6. The van der Waals surface area contributed by atoms with Crippen LogP contribution in [0.15, 0.2) is 24.8 Å². The molecular weight excluding hydrogens is 208 g/mol. The first kappa shape index (κ1) is 10.7. The number of methoxy groups -OCH3 is 1. The maximum atomic E-state index is 5.53. The van der Waals surface area contributed by atoms with Crippen molar-refractivity contribution in [2.75, 3.05) is 26.9 Å². The minimum atomic E-state index is 0.433. The van der Waals surface area contributed by atoms with Crippen LogP contribution in [0.4, 0.5) is 0 Å². The Balaban J connectivity index is 2.35. The maximum Gasteiger partial charge on any atom is 0.207 e. The summed E-state index contributed by atoms with van der Waals surface area (Å²) < 4.78 is 21.7. The Labute approximate surface area is 94.4 Å². The molecular formula is C12H14O4. The van der Waals surface area contributed by atoms with E-state index < -0.39 is 0 Å². The standard InChI is InChI=1S/C12H14O4/c1-3-6-14-10-5-4-9(13-2)11-12(10)16-8-7-15-11/h3-5H,1,6-8H2,2H3. The normalized spacial score (nSPS) is 13.1. The van der Waals surface area contributed by atoms with Crippen LogP contribution in [-0.2, 0) is 0 Å². The van der Waals surface area contributed by atoms with Crippen LogP contribution in [0.25, 0.3) is 0 Å². The lowest BCUT2D eigenvalue weighted by Crippen LogP contribution is -2.16. The fourth-order valence-corrected chi connectivity index (χ4v) is 1.51. The van der Waals surface area contributed by atoms with E-state index in [9.17, 15) is 0 Å². The van der Waals surface area contributed by atoms with Crippen molar-refractivity contribution in [3.05, 3.63) is 24.8 Å². The minimum absolute atomic E-state index is 0.433. The largest absolute Gasteiger partial charge is 0.493 e. The van der Waals surface area contributed by atoms with Crippen LogP contribution in [0.5, 0.6) is 23.0 Å². The molecule has 0 spiro atoms. The van der Waals surface area contributed by atoms with E-state index in [4.69, 9.17) is 18.9 Å². The minimum Gasteiger partial charge on any atom is -0.493 e. The number of fused-ring (bicyclic) bond motifs is 1. The van der Waals surface area contributed by atoms with Gasteiger partial charge in [-0.2, -0.15) is 0 Å². The van der Waals surface area contributed by atoms with Crippen molar-refractivity contribution >= 4 is 0 Å². The molecule has 0 atom stereocenters. The molecule has 0 saturated heterocycles. The summed E-state index contributed by atoms with van der Waals surface area (Å²) >= 11 is 0.